The predicted octanol–water partition coefficient (Wildman–Crippen LogP) is 8.24. The van der Waals surface area contributed by atoms with Gasteiger partial charge in [0.1, 0.15) is 5.75 Å². The molecule has 36 heavy (non-hydrogen) atoms. The van der Waals surface area contributed by atoms with Crippen LogP contribution < -0.4 is 0 Å². The lowest BCUT2D eigenvalue weighted by atomic mass is 9.99. The van der Waals surface area contributed by atoms with E-state index >= 15 is 0 Å². The van der Waals surface area contributed by atoms with Gasteiger partial charge in [-0.2, -0.15) is 0 Å². The topological polar surface area (TPSA) is 28.4 Å². The van der Waals surface area contributed by atoms with Crippen molar-refractivity contribution in [3.05, 3.63) is 89.1 Å². The first-order chi connectivity index (χ1) is 17.6. The van der Waals surface area contributed by atoms with Crippen LogP contribution in [0.1, 0.15) is 67.8 Å². The Morgan fingerprint density at radius 3 is 2.42 bits per heavy atom. The van der Waals surface area contributed by atoms with Gasteiger partial charge in [-0.25, -0.2) is 0 Å². The number of benzene rings is 3. The Morgan fingerprint density at radius 2 is 1.61 bits per heavy atom. The SMILES string of the molecule is CCCCCCCCn1c2c(c3cc(-c4cccc(C)c4)ccc31)CN(Cc1ccc(O)cc1)CC2. The van der Waals surface area contributed by atoms with Gasteiger partial charge in [0.25, 0.3) is 0 Å². The van der Waals surface area contributed by atoms with E-state index in [1.54, 1.807) is 17.8 Å². The number of aryl methyl sites for hydroxylation is 2. The molecular formula is C33H40N2O. The molecule has 188 valence electrons. The van der Waals surface area contributed by atoms with E-state index in [4.69, 9.17) is 0 Å². The molecule has 3 nitrogen and oxygen atoms in total. The van der Waals surface area contributed by atoms with Crippen molar-refractivity contribution < 1.29 is 5.11 Å². The van der Waals surface area contributed by atoms with Gasteiger partial charge in [-0.1, -0.05) is 87.1 Å². The van der Waals surface area contributed by atoms with Gasteiger partial charge >= 0.3 is 0 Å². The van der Waals surface area contributed by atoms with Crippen molar-refractivity contribution in [1.82, 2.24) is 9.47 Å². The van der Waals surface area contributed by atoms with E-state index in [0.717, 1.165) is 32.6 Å². The van der Waals surface area contributed by atoms with Crippen molar-refractivity contribution >= 4 is 10.9 Å². The lowest BCUT2D eigenvalue weighted by Crippen LogP contribution is -2.30. The third-order valence-corrected chi connectivity index (χ3v) is 7.76. The summed E-state index contributed by atoms with van der Waals surface area (Å²) in [7, 11) is 0. The van der Waals surface area contributed by atoms with Crippen LogP contribution in [0.15, 0.2) is 66.7 Å². The average molecular weight is 481 g/mol. The first kappa shape index (κ1) is 24.6. The fourth-order valence-electron chi connectivity index (χ4n) is 5.81. The number of fused-ring (bicyclic) bond motifs is 3. The zero-order valence-corrected chi connectivity index (χ0v) is 22.0. The lowest BCUT2D eigenvalue weighted by molar-refractivity contribution is 0.243. The third kappa shape index (κ3) is 5.52. The number of hydrogen-bond acceptors (Lipinski definition) is 2. The van der Waals surface area contributed by atoms with E-state index in [9.17, 15) is 5.11 Å². The van der Waals surface area contributed by atoms with Crippen LogP contribution >= 0.6 is 0 Å². The highest BCUT2D eigenvalue weighted by atomic mass is 16.3. The molecule has 0 fully saturated rings. The second-order valence-electron chi connectivity index (χ2n) is 10.6. The summed E-state index contributed by atoms with van der Waals surface area (Å²) in [4.78, 5) is 2.56. The van der Waals surface area contributed by atoms with Gasteiger partial charge in [0.2, 0.25) is 0 Å². The molecule has 0 aliphatic carbocycles. The number of phenolic OH excluding ortho intramolecular Hbond substituents is 1. The Kier molecular flexibility index (Phi) is 7.77. The van der Waals surface area contributed by atoms with Crippen molar-refractivity contribution in [3.8, 4) is 16.9 Å². The summed E-state index contributed by atoms with van der Waals surface area (Å²) < 4.78 is 2.64. The molecule has 0 unspecified atom stereocenters. The molecule has 5 rings (SSSR count). The fourth-order valence-corrected chi connectivity index (χ4v) is 5.81. The van der Waals surface area contributed by atoms with Gasteiger partial charge < -0.3 is 9.67 Å². The van der Waals surface area contributed by atoms with Gasteiger partial charge in [-0.3, -0.25) is 4.90 Å². The minimum absolute atomic E-state index is 0.334. The average Bonchev–Trinajstić information content (AvgIpc) is 3.20. The Morgan fingerprint density at radius 1 is 0.833 bits per heavy atom. The number of hydrogen-bond donors (Lipinski definition) is 1. The highest BCUT2D eigenvalue weighted by Crippen LogP contribution is 2.35. The summed E-state index contributed by atoms with van der Waals surface area (Å²) in [5, 5.41) is 11.1. The van der Waals surface area contributed by atoms with Gasteiger partial charge in [0, 0.05) is 49.2 Å². The third-order valence-electron chi connectivity index (χ3n) is 7.76. The summed E-state index contributed by atoms with van der Waals surface area (Å²) in [5.74, 6) is 0.334. The van der Waals surface area contributed by atoms with Crippen LogP contribution in [0.25, 0.3) is 22.0 Å². The predicted molar refractivity (Wildman–Crippen MR) is 151 cm³/mol. The van der Waals surface area contributed by atoms with E-state index in [1.165, 1.54) is 77.2 Å². The minimum atomic E-state index is 0.334. The Balaban J connectivity index is 1.44. The highest BCUT2D eigenvalue weighted by molar-refractivity contribution is 5.90. The first-order valence-electron chi connectivity index (χ1n) is 13.8. The molecular weight excluding hydrogens is 440 g/mol. The van der Waals surface area contributed by atoms with E-state index < -0.39 is 0 Å². The molecule has 0 amide bonds. The van der Waals surface area contributed by atoms with E-state index in [-0.39, 0.29) is 0 Å². The van der Waals surface area contributed by atoms with Crippen molar-refractivity contribution in [3.63, 3.8) is 0 Å². The molecule has 0 bridgehead atoms. The fraction of sp³-hybridized carbons (Fsp3) is 0.394. The van der Waals surface area contributed by atoms with Crippen molar-refractivity contribution in [1.29, 1.82) is 0 Å². The van der Waals surface area contributed by atoms with Gasteiger partial charge in [0.15, 0.2) is 0 Å². The number of rotatable bonds is 10. The second-order valence-corrected chi connectivity index (χ2v) is 10.6. The summed E-state index contributed by atoms with van der Waals surface area (Å²) >= 11 is 0. The number of phenols is 1. The molecule has 0 saturated carbocycles. The highest BCUT2D eigenvalue weighted by Gasteiger charge is 2.24. The standard InChI is InChI=1S/C33H40N2O/c1-3-4-5-6-7-8-19-35-32-17-14-28(27-11-9-10-25(2)21-27)22-30(32)31-24-34(20-18-33(31)35)23-26-12-15-29(36)16-13-26/h9-17,21-22,36H,3-8,18-20,23-24H2,1-2H3. The monoisotopic (exact) mass is 480 g/mol. The van der Waals surface area contributed by atoms with Crippen LogP contribution in [-0.2, 0) is 26.1 Å². The van der Waals surface area contributed by atoms with Crippen LogP contribution in [0.2, 0.25) is 0 Å². The molecule has 1 aromatic heterocycles. The second kappa shape index (κ2) is 11.3. The Hall–Kier alpha value is -3.04. The van der Waals surface area contributed by atoms with Gasteiger partial charge in [-0.15, -0.1) is 0 Å². The van der Waals surface area contributed by atoms with Crippen LogP contribution in [-0.4, -0.2) is 21.1 Å². The maximum absolute atomic E-state index is 9.67. The summed E-state index contributed by atoms with van der Waals surface area (Å²) in [5.41, 5.74) is 9.61. The largest absolute Gasteiger partial charge is 0.508 e. The Labute approximate surface area is 216 Å². The number of aromatic nitrogens is 1. The molecule has 2 heterocycles. The maximum atomic E-state index is 9.67. The molecule has 0 atom stereocenters. The Bertz CT molecular complexity index is 1300. The molecule has 4 aromatic rings. The molecule has 1 aliphatic rings. The van der Waals surface area contributed by atoms with Gasteiger partial charge in [-0.05, 0) is 59.9 Å². The normalized spacial score (nSPS) is 13.8. The van der Waals surface area contributed by atoms with Crippen molar-refractivity contribution in [2.45, 2.75) is 78.4 Å². The zero-order chi connectivity index (χ0) is 24.9. The van der Waals surface area contributed by atoms with Crippen LogP contribution in [0.4, 0.5) is 0 Å². The van der Waals surface area contributed by atoms with E-state index in [0.29, 0.717) is 5.75 Å². The smallest absolute Gasteiger partial charge is 0.115 e. The minimum Gasteiger partial charge on any atom is -0.508 e. The zero-order valence-electron chi connectivity index (χ0n) is 22.0. The van der Waals surface area contributed by atoms with Gasteiger partial charge in [0.05, 0.1) is 0 Å². The lowest BCUT2D eigenvalue weighted by Gasteiger charge is -2.28. The summed E-state index contributed by atoms with van der Waals surface area (Å²) in [6.07, 6.45) is 9.07. The molecule has 3 heteroatoms. The molecule has 0 saturated heterocycles. The molecule has 0 spiro atoms. The molecule has 1 aliphatic heterocycles. The van der Waals surface area contributed by atoms with Crippen molar-refractivity contribution in [2.24, 2.45) is 0 Å². The van der Waals surface area contributed by atoms with Crippen LogP contribution in [0.5, 0.6) is 5.75 Å². The number of aromatic hydroxyl groups is 1. The summed E-state index contributed by atoms with van der Waals surface area (Å²) in [6, 6.07) is 23.6. The molecule has 3 aromatic carbocycles. The van der Waals surface area contributed by atoms with E-state index in [1.807, 2.05) is 12.1 Å². The van der Waals surface area contributed by atoms with E-state index in [2.05, 4.69) is 65.8 Å². The van der Waals surface area contributed by atoms with Crippen molar-refractivity contribution in [2.75, 3.05) is 6.54 Å². The molecule has 1 N–H and O–H groups in total. The van der Waals surface area contributed by atoms with Crippen LogP contribution in [0, 0.1) is 6.92 Å². The number of nitrogens with zero attached hydrogens (tertiary/aromatic N) is 2. The first-order valence-corrected chi connectivity index (χ1v) is 13.8. The summed E-state index contributed by atoms with van der Waals surface area (Å²) in [6.45, 7) is 8.55. The quantitative estimate of drug-likeness (QED) is 0.232. The van der Waals surface area contributed by atoms with Crippen LogP contribution in [0.3, 0.4) is 0 Å². The number of unbranched alkanes of at least 4 members (excludes halogenated alkanes) is 5. The molecule has 0 radical (unpaired) electrons. The maximum Gasteiger partial charge on any atom is 0.115 e.